The van der Waals surface area contributed by atoms with Crippen LogP contribution in [0.15, 0.2) is 47.6 Å². The van der Waals surface area contributed by atoms with Crippen molar-refractivity contribution in [2.24, 2.45) is 10.7 Å². The fraction of sp³-hybridized carbons (Fsp3) is 0.333. The Hall–Kier alpha value is -2.83. The average molecular weight is 343 g/mol. The van der Waals surface area contributed by atoms with E-state index in [2.05, 4.69) is 19.8 Å². The molecule has 1 aromatic carbocycles. The highest BCUT2D eigenvalue weighted by molar-refractivity contribution is 5.78. The molecule has 1 saturated heterocycles. The van der Waals surface area contributed by atoms with Crippen molar-refractivity contribution in [3.05, 3.63) is 54.0 Å². The van der Waals surface area contributed by atoms with Crippen molar-refractivity contribution in [1.29, 1.82) is 0 Å². The van der Waals surface area contributed by atoms with E-state index in [4.69, 9.17) is 10.5 Å². The van der Waals surface area contributed by atoms with Crippen molar-refractivity contribution < 1.29 is 9.13 Å². The predicted octanol–water partition coefficient (Wildman–Crippen LogP) is 1.87. The summed E-state index contributed by atoms with van der Waals surface area (Å²) in [4.78, 5) is 12.9. The van der Waals surface area contributed by atoms with Crippen LogP contribution in [0.5, 0.6) is 5.88 Å². The van der Waals surface area contributed by atoms with Crippen molar-refractivity contribution >= 4 is 11.6 Å². The molecule has 2 heterocycles. The molecule has 1 aliphatic rings. The lowest BCUT2D eigenvalue weighted by molar-refractivity contribution is 0.380. The van der Waals surface area contributed by atoms with Crippen LogP contribution in [0.3, 0.4) is 0 Å². The molecule has 25 heavy (non-hydrogen) atoms. The zero-order valence-electron chi connectivity index (χ0n) is 14.2. The van der Waals surface area contributed by atoms with E-state index in [1.165, 1.54) is 12.1 Å². The molecule has 0 unspecified atom stereocenters. The number of anilines is 1. The van der Waals surface area contributed by atoms with E-state index in [1.54, 1.807) is 25.4 Å². The van der Waals surface area contributed by atoms with Crippen molar-refractivity contribution in [3.63, 3.8) is 0 Å². The number of pyridine rings is 1. The molecule has 1 aliphatic heterocycles. The molecule has 3 rings (SSSR count). The van der Waals surface area contributed by atoms with Gasteiger partial charge in [-0.2, -0.15) is 0 Å². The lowest BCUT2D eigenvalue weighted by Gasteiger charge is -2.36. The quantitative estimate of drug-likeness (QED) is 0.678. The van der Waals surface area contributed by atoms with Crippen molar-refractivity contribution in [1.82, 2.24) is 9.88 Å². The van der Waals surface area contributed by atoms with E-state index in [-0.39, 0.29) is 5.82 Å². The summed E-state index contributed by atoms with van der Waals surface area (Å²) in [6.07, 6.45) is 1.74. The van der Waals surface area contributed by atoms with Gasteiger partial charge in [0.05, 0.1) is 13.7 Å². The number of ether oxygens (including phenoxy) is 1. The third kappa shape index (κ3) is 4.37. The summed E-state index contributed by atoms with van der Waals surface area (Å²) in [7, 11) is 1.59. The smallest absolute Gasteiger partial charge is 0.212 e. The normalized spacial score (nSPS) is 15.4. The van der Waals surface area contributed by atoms with Gasteiger partial charge in [-0.3, -0.25) is 0 Å². The molecule has 2 N–H and O–H groups in total. The highest BCUT2D eigenvalue weighted by Gasteiger charge is 2.18. The summed E-state index contributed by atoms with van der Waals surface area (Å²) in [6.45, 7) is 3.71. The molecule has 6 nitrogen and oxygen atoms in total. The summed E-state index contributed by atoms with van der Waals surface area (Å²) < 4.78 is 18.1. The molecule has 1 aromatic heterocycles. The first-order chi connectivity index (χ1) is 12.2. The Morgan fingerprint density at radius 3 is 2.48 bits per heavy atom. The summed E-state index contributed by atoms with van der Waals surface area (Å²) in [5.74, 6) is 0.902. The van der Waals surface area contributed by atoms with E-state index < -0.39 is 0 Å². The van der Waals surface area contributed by atoms with Gasteiger partial charge in [0, 0.05) is 44.1 Å². The van der Waals surface area contributed by atoms with E-state index in [1.807, 2.05) is 12.1 Å². The Morgan fingerprint density at radius 2 is 1.88 bits per heavy atom. The van der Waals surface area contributed by atoms with Gasteiger partial charge in [0.15, 0.2) is 5.96 Å². The molecule has 0 spiro atoms. The molecule has 2 aromatic rings. The Balaban J connectivity index is 1.53. The number of methoxy groups -OCH3 is 1. The van der Waals surface area contributed by atoms with E-state index >= 15 is 0 Å². The summed E-state index contributed by atoms with van der Waals surface area (Å²) in [5.41, 5.74) is 8.13. The van der Waals surface area contributed by atoms with Crippen LogP contribution in [-0.2, 0) is 6.54 Å². The summed E-state index contributed by atoms with van der Waals surface area (Å²) >= 11 is 0. The van der Waals surface area contributed by atoms with Crippen LogP contribution in [-0.4, -0.2) is 49.1 Å². The van der Waals surface area contributed by atoms with Crippen LogP contribution >= 0.6 is 0 Å². The fourth-order valence-corrected chi connectivity index (χ4v) is 2.74. The van der Waals surface area contributed by atoms with Gasteiger partial charge in [-0.1, -0.05) is 6.07 Å². The molecular formula is C18H22FN5O. The number of rotatable bonds is 4. The number of hydrogen-bond donors (Lipinski definition) is 1. The second-order valence-corrected chi connectivity index (χ2v) is 5.83. The molecule has 7 heteroatoms. The Bertz CT molecular complexity index is 709. The average Bonchev–Trinajstić information content (AvgIpc) is 2.67. The van der Waals surface area contributed by atoms with Gasteiger partial charge >= 0.3 is 0 Å². The Labute approximate surface area is 146 Å². The third-order valence-corrected chi connectivity index (χ3v) is 4.23. The number of guanidine groups is 1. The highest BCUT2D eigenvalue weighted by atomic mass is 19.1. The molecule has 132 valence electrons. The minimum absolute atomic E-state index is 0.216. The summed E-state index contributed by atoms with van der Waals surface area (Å²) in [5, 5.41) is 0. The minimum atomic E-state index is -0.216. The minimum Gasteiger partial charge on any atom is -0.481 e. The van der Waals surface area contributed by atoms with E-state index in [0.717, 1.165) is 37.4 Å². The van der Waals surface area contributed by atoms with Crippen LogP contribution in [0, 0.1) is 5.82 Å². The molecule has 0 bridgehead atoms. The zero-order chi connectivity index (χ0) is 17.6. The first-order valence-electron chi connectivity index (χ1n) is 8.20. The first kappa shape index (κ1) is 17.0. The number of nitrogens with two attached hydrogens (primary N) is 1. The predicted molar refractivity (Wildman–Crippen MR) is 96.3 cm³/mol. The second-order valence-electron chi connectivity index (χ2n) is 5.83. The van der Waals surface area contributed by atoms with Crippen molar-refractivity contribution in [3.8, 4) is 5.88 Å². The van der Waals surface area contributed by atoms with Gasteiger partial charge in [0.2, 0.25) is 5.88 Å². The van der Waals surface area contributed by atoms with Gasteiger partial charge < -0.3 is 20.3 Å². The van der Waals surface area contributed by atoms with Crippen LogP contribution < -0.4 is 15.4 Å². The molecule has 0 saturated carbocycles. The van der Waals surface area contributed by atoms with Crippen LogP contribution in [0.25, 0.3) is 0 Å². The van der Waals surface area contributed by atoms with Crippen LogP contribution in [0.2, 0.25) is 0 Å². The van der Waals surface area contributed by atoms with Crippen LogP contribution in [0.1, 0.15) is 5.56 Å². The zero-order valence-corrected chi connectivity index (χ0v) is 14.2. The number of nitrogens with zero attached hydrogens (tertiary/aromatic N) is 4. The molecule has 0 amide bonds. The fourth-order valence-electron chi connectivity index (χ4n) is 2.74. The number of piperazine rings is 1. The van der Waals surface area contributed by atoms with Gasteiger partial charge in [-0.25, -0.2) is 14.4 Å². The van der Waals surface area contributed by atoms with Crippen molar-refractivity contribution in [2.45, 2.75) is 6.54 Å². The van der Waals surface area contributed by atoms with Gasteiger partial charge in [-0.05, 0) is 29.8 Å². The maximum absolute atomic E-state index is 13.0. The number of halogens is 1. The number of aromatic nitrogens is 1. The summed E-state index contributed by atoms with van der Waals surface area (Å²) in [6, 6.07) is 10.3. The van der Waals surface area contributed by atoms with Gasteiger partial charge in [-0.15, -0.1) is 0 Å². The monoisotopic (exact) mass is 343 g/mol. The molecule has 0 atom stereocenters. The Kier molecular flexibility index (Phi) is 5.33. The van der Waals surface area contributed by atoms with Gasteiger partial charge in [0.1, 0.15) is 5.82 Å². The lowest BCUT2D eigenvalue weighted by Crippen LogP contribution is -2.51. The van der Waals surface area contributed by atoms with E-state index in [0.29, 0.717) is 18.4 Å². The first-order valence-corrected chi connectivity index (χ1v) is 8.20. The molecule has 1 fully saturated rings. The maximum Gasteiger partial charge on any atom is 0.212 e. The van der Waals surface area contributed by atoms with Crippen LogP contribution in [0.4, 0.5) is 10.1 Å². The molecule has 0 aliphatic carbocycles. The van der Waals surface area contributed by atoms with E-state index in [9.17, 15) is 4.39 Å². The highest BCUT2D eigenvalue weighted by Crippen LogP contribution is 2.17. The third-order valence-electron chi connectivity index (χ3n) is 4.23. The second kappa shape index (κ2) is 7.83. The number of benzene rings is 1. The maximum atomic E-state index is 13.0. The molecule has 0 radical (unpaired) electrons. The van der Waals surface area contributed by atoms with Crippen molar-refractivity contribution in [2.75, 3.05) is 38.2 Å². The largest absolute Gasteiger partial charge is 0.481 e. The Morgan fingerprint density at radius 1 is 1.16 bits per heavy atom. The number of hydrogen-bond acceptors (Lipinski definition) is 4. The molecular weight excluding hydrogens is 321 g/mol. The standard InChI is InChI=1S/C18H22FN5O/c1-25-17-7-2-14(12-21-17)13-22-18(20)24-10-8-23(9-11-24)16-5-3-15(19)4-6-16/h2-7,12H,8-11,13H2,1H3,(H2,20,22). The SMILES string of the molecule is COc1ccc(CN=C(N)N2CCN(c3ccc(F)cc3)CC2)cn1. The van der Waals surface area contributed by atoms with Gasteiger partial charge in [0.25, 0.3) is 0 Å². The number of aliphatic imine (C=N–C) groups is 1. The topological polar surface area (TPSA) is 67.0 Å². The lowest BCUT2D eigenvalue weighted by atomic mass is 10.2.